The second-order valence-electron chi connectivity index (χ2n) is 2.27. The predicted octanol–water partition coefficient (Wildman–Crippen LogP) is -0.0116. The van der Waals surface area contributed by atoms with Gasteiger partial charge in [-0.15, -0.1) is 12.6 Å². The van der Waals surface area contributed by atoms with Crippen LogP contribution in [0.3, 0.4) is 0 Å². The van der Waals surface area contributed by atoms with Gasteiger partial charge in [-0.3, -0.25) is 14.9 Å². The van der Waals surface area contributed by atoms with Crippen LogP contribution in [0, 0.1) is 0 Å². The number of carbonyl (C=O) groups excluding carboxylic acids is 1. The maximum atomic E-state index is 11.1. The lowest BCUT2D eigenvalue weighted by molar-refractivity contribution is 0.0931. The van der Waals surface area contributed by atoms with Gasteiger partial charge in [0.2, 0.25) is 0 Å². The molecular formula is C6H7N3OS. The van der Waals surface area contributed by atoms with E-state index in [1.807, 2.05) is 0 Å². The molecule has 4 nitrogen and oxygen atoms in total. The molecule has 11 heavy (non-hydrogen) atoms. The van der Waals surface area contributed by atoms with E-state index in [-0.39, 0.29) is 11.4 Å². The number of amides is 1. The minimum atomic E-state index is -0.303. The number of hydrogen-bond donors (Lipinski definition) is 3. The molecule has 2 N–H and O–H groups in total. The van der Waals surface area contributed by atoms with Crippen molar-refractivity contribution < 1.29 is 4.79 Å². The summed E-state index contributed by atoms with van der Waals surface area (Å²) in [5.41, 5.74) is 3.22. The van der Waals surface area contributed by atoms with Gasteiger partial charge in [0.15, 0.2) is 5.50 Å². The number of fused-ring (bicyclic) bond motifs is 1. The van der Waals surface area contributed by atoms with Crippen molar-refractivity contribution in [3.63, 3.8) is 0 Å². The molecular weight excluding hydrogens is 162 g/mol. The summed E-state index contributed by atoms with van der Waals surface area (Å²) >= 11 is 4.06. The number of nitrogens with zero attached hydrogens (tertiary/aromatic N) is 1. The minimum Gasteiger partial charge on any atom is -0.321 e. The van der Waals surface area contributed by atoms with Crippen LogP contribution in [0.2, 0.25) is 0 Å². The minimum absolute atomic E-state index is 0.103. The van der Waals surface area contributed by atoms with Crippen molar-refractivity contribution in [3.8, 4) is 0 Å². The summed E-state index contributed by atoms with van der Waals surface area (Å²) in [5.74, 6) is -0.103. The van der Waals surface area contributed by atoms with Gasteiger partial charge in [0, 0.05) is 6.20 Å². The van der Waals surface area contributed by atoms with Crippen molar-refractivity contribution >= 4 is 18.5 Å². The number of rotatable bonds is 0. The fraction of sp³-hybridized carbons (Fsp3) is 0.167. The summed E-state index contributed by atoms with van der Waals surface area (Å²) < 4.78 is 1.65. The first kappa shape index (κ1) is 6.60. The number of thiol groups is 1. The fourth-order valence-corrected chi connectivity index (χ4v) is 1.28. The van der Waals surface area contributed by atoms with Gasteiger partial charge in [0.1, 0.15) is 5.69 Å². The van der Waals surface area contributed by atoms with Crippen LogP contribution in [-0.2, 0) is 0 Å². The summed E-state index contributed by atoms with van der Waals surface area (Å²) in [6.07, 6.45) is 1.78. The summed E-state index contributed by atoms with van der Waals surface area (Å²) in [6.45, 7) is 0. The second kappa shape index (κ2) is 2.20. The highest BCUT2D eigenvalue weighted by atomic mass is 32.1. The van der Waals surface area contributed by atoms with Crippen LogP contribution >= 0.6 is 12.6 Å². The summed E-state index contributed by atoms with van der Waals surface area (Å²) in [5, 5.41) is 2.61. The Morgan fingerprint density at radius 1 is 1.64 bits per heavy atom. The fourth-order valence-electron chi connectivity index (χ4n) is 1.04. The van der Waals surface area contributed by atoms with E-state index in [0.717, 1.165) is 0 Å². The third-order valence-electron chi connectivity index (χ3n) is 1.51. The molecule has 2 heterocycles. The lowest BCUT2D eigenvalue weighted by Crippen LogP contribution is -2.46. The molecule has 0 fully saturated rings. The quantitative estimate of drug-likeness (QED) is 0.478. The van der Waals surface area contributed by atoms with E-state index in [2.05, 4.69) is 23.4 Å². The molecule has 0 radical (unpaired) electrons. The highest BCUT2D eigenvalue weighted by Crippen LogP contribution is 2.06. The van der Waals surface area contributed by atoms with Crippen molar-refractivity contribution in [1.29, 1.82) is 0 Å². The number of hydrogen-bond acceptors (Lipinski definition) is 3. The first-order valence-corrected chi connectivity index (χ1v) is 3.72. The van der Waals surface area contributed by atoms with Gasteiger partial charge in [-0.05, 0) is 12.1 Å². The van der Waals surface area contributed by atoms with E-state index in [4.69, 9.17) is 0 Å². The standard InChI is InChI=1S/C6H7N3OS/c10-5-4-2-1-3-9(4)8-6(11)7-5/h1-3,6,8,11H,(H,7,10). The lowest BCUT2D eigenvalue weighted by Gasteiger charge is -2.23. The monoisotopic (exact) mass is 169 g/mol. The van der Waals surface area contributed by atoms with Crippen molar-refractivity contribution in [3.05, 3.63) is 24.0 Å². The first-order chi connectivity index (χ1) is 5.27. The Kier molecular flexibility index (Phi) is 1.32. The average molecular weight is 169 g/mol. The SMILES string of the molecule is O=C1NC(S)Nn2cccc21. The maximum absolute atomic E-state index is 11.1. The topological polar surface area (TPSA) is 46.1 Å². The third-order valence-corrected chi connectivity index (χ3v) is 1.76. The Morgan fingerprint density at radius 2 is 2.45 bits per heavy atom. The molecule has 0 spiro atoms. The Morgan fingerprint density at radius 3 is 3.27 bits per heavy atom. The molecule has 0 saturated carbocycles. The van der Waals surface area contributed by atoms with E-state index in [0.29, 0.717) is 5.69 Å². The molecule has 1 aromatic rings. The van der Waals surface area contributed by atoms with Crippen LogP contribution in [-0.4, -0.2) is 16.1 Å². The Bertz CT molecular complexity index is 296. The Hall–Kier alpha value is -1.10. The number of nitrogens with one attached hydrogen (secondary N) is 2. The van der Waals surface area contributed by atoms with Crippen LogP contribution in [0.5, 0.6) is 0 Å². The summed E-state index contributed by atoms with van der Waals surface area (Å²) in [7, 11) is 0. The van der Waals surface area contributed by atoms with Crippen molar-refractivity contribution in [1.82, 2.24) is 9.99 Å². The van der Waals surface area contributed by atoms with Crippen molar-refractivity contribution in [2.24, 2.45) is 0 Å². The van der Waals surface area contributed by atoms with E-state index < -0.39 is 0 Å². The van der Waals surface area contributed by atoms with Crippen LogP contribution in [0.1, 0.15) is 10.5 Å². The highest BCUT2D eigenvalue weighted by Gasteiger charge is 2.19. The van der Waals surface area contributed by atoms with Crippen LogP contribution < -0.4 is 10.7 Å². The summed E-state index contributed by atoms with van der Waals surface area (Å²) in [4.78, 5) is 11.1. The molecule has 1 aromatic heterocycles. The van der Waals surface area contributed by atoms with Gasteiger partial charge in [-0.1, -0.05) is 0 Å². The zero-order valence-electron chi connectivity index (χ0n) is 5.61. The van der Waals surface area contributed by atoms with Gasteiger partial charge in [0.05, 0.1) is 0 Å². The first-order valence-electron chi connectivity index (χ1n) is 3.20. The molecule has 5 heteroatoms. The molecule has 1 amide bonds. The molecule has 2 rings (SSSR count). The van der Waals surface area contributed by atoms with E-state index in [1.165, 1.54) is 0 Å². The van der Waals surface area contributed by atoms with Crippen LogP contribution in [0.25, 0.3) is 0 Å². The molecule has 1 atom stereocenters. The zero-order valence-corrected chi connectivity index (χ0v) is 6.51. The van der Waals surface area contributed by atoms with Gasteiger partial charge in [-0.2, -0.15) is 0 Å². The molecule has 1 unspecified atom stereocenters. The van der Waals surface area contributed by atoms with E-state index in [1.54, 1.807) is 23.0 Å². The van der Waals surface area contributed by atoms with Gasteiger partial charge < -0.3 is 5.32 Å². The van der Waals surface area contributed by atoms with Crippen molar-refractivity contribution in [2.45, 2.75) is 5.50 Å². The number of carbonyl (C=O) groups is 1. The highest BCUT2D eigenvalue weighted by molar-refractivity contribution is 7.81. The normalized spacial score (nSPS) is 21.9. The van der Waals surface area contributed by atoms with E-state index >= 15 is 0 Å². The molecule has 1 aliphatic rings. The van der Waals surface area contributed by atoms with Gasteiger partial charge in [0.25, 0.3) is 5.91 Å². The molecule has 0 saturated heterocycles. The molecule has 0 bridgehead atoms. The van der Waals surface area contributed by atoms with Crippen LogP contribution in [0.15, 0.2) is 18.3 Å². The van der Waals surface area contributed by atoms with Gasteiger partial charge >= 0.3 is 0 Å². The lowest BCUT2D eigenvalue weighted by atomic mass is 10.4. The van der Waals surface area contributed by atoms with E-state index in [9.17, 15) is 4.79 Å². The van der Waals surface area contributed by atoms with Gasteiger partial charge in [-0.25, -0.2) is 0 Å². The van der Waals surface area contributed by atoms with Crippen molar-refractivity contribution in [2.75, 3.05) is 5.43 Å². The average Bonchev–Trinajstić information content (AvgIpc) is 2.34. The number of aromatic nitrogens is 1. The zero-order chi connectivity index (χ0) is 7.84. The maximum Gasteiger partial charge on any atom is 0.272 e. The molecule has 0 aliphatic carbocycles. The second-order valence-corrected chi connectivity index (χ2v) is 2.78. The Labute approximate surface area is 69.0 Å². The molecule has 1 aliphatic heterocycles. The predicted molar refractivity (Wildman–Crippen MR) is 44.0 cm³/mol. The third kappa shape index (κ3) is 0.970. The summed E-state index contributed by atoms with van der Waals surface area (Å²) in [6, 6.07) is 3.54. The molecule has 58 valence electrons. The largest absolute Gasteiger partial charge is 0.321 e. The Balaban J connectivity index is 2.44. The van der Waals surface area contributed by atoms with Crippen LogP contribution in [0.4, 0.5) is 0 Å². The molecule has 0 aromatic carbocycles. The smallest absolute Gasteiger partial charge is 0.272 e.